The fourth-order valence-corrected chi connectivity index (χ4v) is 3.16. The number of benzene rings is 1. The molecule has 0 saturated heterocycles. The molecule has 0 fully saturated rings. The number of carbonyl (C=O) groups is 1. The summed E-state index contributed by atoms with van der Waals surface area (Å²) in [6.45, 7) is 6.07. The van der Waals surface area contributed by atoms with Gasteiger partial charge in [-0.3, -0.25) is 9.00 Å². The zero-order valence-corrected chi connectivity index (χ0v) is 13.3. The van der Waals surface area contributed by atoms with Gasteiger partial charge in [-0.2, -0.15) is 0 Å². The Labute approximate surface area is 123 Å². The molecule has 0 aliphatic carbocycles. The van der Waals surface area contributed by atoms with Gasteiger partial charge in [0.05, 0.1) is 0 Å². The lowest BCUT2D eigenvalue weighted by molar-refractivity contribution is -0.115. The molecule has 0 saturated carbocycles. The summed E-state index contributed by atoms with van der Waals surface area (Å²) < 4.78 is 11.8. The molecule has 0 aromatic heterocycles. The van der Waals surface area contributed by atoms with E-state index in [1.807, 2.05) is 13.0 Å². The average Bonchev–Trinajstić information content (AvgIpc) is 2.40. The van der Waals surface area contributed by atoms with Crippen molar-refractivity contribution in [2.24, 2.45) is 5.92 Å². The van der Waals surface area contributed by atoms with E-state index in [4.69, 9.17) is 5.73 Å². The topological polar surface area (TPSA) is 72.2 Å². The van der Waals surface area contributed by atoms with Crippen molar-refractivity contribution in [3.05, 3.63) is 23.8 Å². The van der Waals surface area contributed by atoms with Gasteiger partial charge in [0, 0.05) is 40.1 Å². The maximum Gasteiger partial charge on any atom is 0.225 e. The van der Waals surface area contributed by atoms with Gasteiger partial charge in [-0.25, -0.2) is 0 Å². The van der Waals surface area contributed by atoms with Crippen LogP contribution in [0.2, 0.25) is 0 Å². The van der Waals surface area contributed by atoms with Gasteiger partial charge < -0.3 is 11.1 Å². The number of carbonyl (C=O) groups excluding carboxylic acids is 1. The molecule has 5 heteroatoms. The lowest BCUT2D eigenvalue weighted by Gasteiger charge is -2.10. The molecule has 1 aromatic carbocycles. The van der Waals surface area contributed by atoms with E-state index in [-0.39, 0.29) is 12.3 Å². The lowest BCUT2D eigenvalue weighted by atomic mass is 10.2. The highest BCUT2D eigenvalue weighted by Crippen LogP contribution is 2.18. The van der Waals surface area contributed by atoms with Crippen LogP contribution < -0.4 is 11.1 Å². The number of nitrogen functional groups attached to an aromatic ring is 1. The molecule has 112 valence electrons. The molecule has 1 rings (SSSR count). The third-order valence-electron chi connectivity index (χ3n) is 3.26. The van der Waals surface area contributed by atoms with E-state index in [0.29, 0.717) is 23.1 Å². The van der Waals surface area contributed by atoms with Gasteiger partial charge in [0.15, 0.2) is 0 Å². The van der Waals surface area contributed by atoms with Gasteiger partial charge >= 0.3 is 0 Å². The molecule has 20 heavy (non-hydrogen) atoms. The summed E-state index contributed by atoms with van der Waals surface area (Å²) in [5.74, 6) is 1.41. The van der Waals surface area contributed by atoms with E-state index < -0.39 is 10.8 Å². The summed E-state index contributed by atoms with van der Waals surface area (Å²) in [5.41, 5.74) is 8.00. The van der Waals surface area contributed by atoms with E-state index in [2.05, 4.69) is 19.2 Å². The summed E-state index contributed by atoms with van der Waals surface area (Å²) in [4.78, 5) is 11.8. The van der Waals surface area contributed by atoms with Crippen LogP contribution in [-0.2, 0) is 15.6 Å². The van der Waals surface area contributed by atoms with Crippen LogP contribution in [-0.4, -0.2) is 21.6 Å². The van der Waals surface area contributed by atoms with Crippen LogP contribution in [0.3, 0.4) is 0 Å². The Balaban J connectivity index is 2.44. The molecule has 0 heterocycles. The average molecular weight is 296 g/mol. The van der Waals surface area contributed by atoms with Gasteiger partial charge in [0.1, 0.15) is 0 Å². The summed E-state index contributed by atoms with van der Waals surface area (Å²) in [6.07, 6.45) is 1.29. The van der Waals surface area contributed by atoms with Crippen LogP contribution >= 0.6 is 0 Å². The molecule has 0 spiro atoms. The molecule has 4 nitrogen and oxygen atoms in total. The van der Waals surface area contributed by atoms with Crippen molar-refractivity contribution in [3.8, 4) is 0 Å². The first-order valence-corrected chi connectivity index (χ1v) is 8.42. The molecule has 2 unspecified atom stereocenters. The molecule has 1 aromatic rings. The summed E-state index contributed by atoms with van der Waals surface area (Å²) >= 11 is 0. The number of hydrogen-bond donors (Lipinski definition) is 2. The fraction of sp³-hybridized carbons (Fsp3) is 0.533. The standard InChI is InChI=1S/C15H24N2O2S/c1-4-11(2)10-20(19)8-7-15(18)17-14-9-13(16)6-5-12(14)3/h5-6,9,11H,4,7-8,10,16H2,1-3H3,(H,17,18). The van der Waals surface area contributed by atoms with Gasteiger partial charge in [-0.15, -0.1) is 0 Å². The minimum Gasteiger partial charge on any atom is -0.399 e. The Morgan fingerprint density at radius 1 is 1.45 bits per heavy atom. The first kappa shape index (κ1) is 16.7. The third-order valence-corrected chi connectivity index (χ3v) is 4.86. The molecular formula is C15H24N2O2S. The first-order valence-electron chi connectivity index (χ1n) is 6.93. The van der Waals surface area contributed by atoms with Crippen molar-refractivity contribution in [1.82, 2.24) is 0 Å². The van der Waals surface area contributed by atoms with Crippen molar-refractivity contribution in [1.29, 1.82) is 0 Å². The molecular weight excluding hydrogens is 272 g/mol. The zero-order chi connectivity index (χ0) is 15.1. The van der Waals surface area contributed by atoms with E-state index in [9.17, 15) is 9.00 Å². The summed E-state index contributed by atoms with van der Waals surface area (Å²) in [7, 11) is -0.924. The normalized spacial score (nSPS) is 13.8. The molecule has 1 amide bonds. The Hall–Kier alpha value is -1.36. The van der Waals surface area contributed by atoms with Crippen molar-refractivity contribution in [2.45, 2.75) is 33.6 Å². The van der Waals surface area contributed by atoms with Crippen molar-refractivity contribution in [3.63, 3.8) is 0 Å². The van der Waals surface area contributed by atoms with Crippen LogP contribution in [0.4, 0.5) is 11.4 Å². The molecule has 3 N–H and O–H groups in total. The van der Waals surface area contributed by atoms with Crippen LogP contribution in [0.5, 0.6) is 0 Å². The summed E-state index contributed by atoms with van der Waals surface area (Å²) in [6, 6.07) is 5.40. The molecule has 0 bridgehead atoms. The Morgan fingerprint density at radius 3 is 2.80 bits per heavy atom. The van der Waals surface area contributed by atoms with Gasteiger partial charge in [-0.05, 0) is 30.5 Å². The van der Waals surface area contributed by atoms with Gasteiger partial charge in [0.2, 0.25) is 5.91 Å². The maximum absolute atomic E-state index is 11.8. The lowest BCUT2D eigenvalue weighted by Crippen LogP contribution is -2.18. The van der Waals surface area contributed by atoms with E-state index in [1.165, 1.54) is 0 Å². The second-order valence-corrected chi connectivity index (χ2v) is 6.82. The van der Waals surface area contributed by atoms with Gasteiger partial charge in [-0.1, -0.05) is 26.3 Å². The third kappa shape index (κ3) is 5.74. The monoisotopic (exact) mass is 296 g/mol. The molecule has 0 aliphatic heterocycles. The highest BCUT2D eigenvalue weighted by Gasteiger charge is 2.10. The van der Waals surface area contributed by atoms with Crippen molar-refractivity contribution >= 4 is 28.1 Å². The van der Waals surface area contributed by atoms with Crippen LogP contribution in [0.25, 0.3) is 0 Å². The Bertz CT molecular complexity index is 489. The predicted octanol–water partition coefficient (Wildman–Crippen LogP) is 2.70. The largest absolute Gasteiger partial charge is 0.399 e. The van der Waals surface area contributed by atoms with Crippen LogP contribution in [0.1, 0.15) is 32.3 Å². The van der Waals surface area contributed by atoms with Crippen molar-refractivity contribution < 1.29 is 9.00 Å². The number of anilines is 2. The van der Waals surface area contributed by atoms with Crippen LogP contribution in [0.15, 0.2) is 18.2 Å². The smallest absolute Gasteiger partial charge is 0.225 e. The number of amides is 1. The highest BCUT2D eigenvalue weighted by molar-refractivity contribution is 7.85. The summed E-state index contributed by atoms with van der Waals surface area (Å²) in [5, 5.41) is 2.82. The SMILES string of the molecule is CCC(C)CS(=O)CCC(=O)Nc1cc(N)ccc1C. The number of hydrogen-bond acceptors (Lipinski definition) is 3. The minimum atomic E-state index is -0.924. The van der Waals surface area contributed by atoms with Crippen molar-refractivity contribution in [2.75, 3.05) is 22.6 Å². The predicted molar refractivity (Wildman–Crippen MR) is 86.2 cm³/mol. The Kier molecular flexibility index (Phi) is 6.71. The maximum atomic E-state index is 11.8. The first-order chi connectivity index (χ1) is 9.42. The number of aryl methyl sites for hydroxylation is 1. The second kappa shape index (κ2) is 8.04. The molecule has 0 radical (unpaired) electrons. The quantitative estimate of drug-likeness (QED) is 0.760. The zero-order valence-electron chi connectivity index (χ0n) is 12.4. The van der Waals surface area contributed by atoms with Crippen LogP contribution in [0, 0.1) is 12.8 Å². The number of nitrogens with one attached hydrogen (secondary N) is 1. The van der Waals surface area contributed by atoms with E-state index in [0.717, 1.165) is 17.7 Å². The number of nitrogens with two attached hydrogens (primary N) is 1. The van der Waals surface area contributed by atoms with Gasteiger partial charge in [0.25, 0.3) is 0 Å². The molecule has 0 aliphatic rings. The van der Waals surface area contributed by atoms with E-state index in [1.54, 1.807) is 12.1 Å². The highest BCUT2D eigenvalue weighted by atomic mass is 32.2. The fourth-order valence-electron chi connectivity index (χ4n) is 1.71. The second-order valence-electron chi connectivity index (χ2n) is 5.20. The number of rotatable bonds is 7. The minimum absolute atomic E-state index is 0.115. The molecule has 2 atom stereocenters. The Morgan fingerprint density at radius 2 is 2.15 bits per heavy atom. The van der Waals surface area contributed by atoms with E-state index >= 15 is 0 Å².